The number of methoxy groups -OCH3 is 1. The number of aliphatic hydroxyl groups excluding tert-OH is 1. The number of hydrogen-bond acceptors (Lipinski definition) is 16. The Balaban J connectivity index is -0.0000000647. The minimum Gasteiger partial charge on any atom is -0.491 e. The summed E-state index contributed by atoms with van der Waals surface area (Å²) < 4.78 is 10.6. The number of rotatable bonds is 9. The first-order valence-corrected chi connectivity index (χ1v) is 8.20. The molecule has 0 amide bonds. The number of nitrogens with zero attached hydrogens (tertiary/aromatic N) is 4. The first kappa shape index (κ1) is 55.9. The van der Waals surface area contributed by atoms with Crippen LogP contribution in [0.25, 0.3) is 0 Å². The monoisotopic (exact) mass is 543 g/mol. The second kappa shape index (κ2) is 51.2. The predicted octanol–water partition coefficient (Wildman–Crippen LogP) is -9.37. The molecule has 1 rings (SSSR count). The molecule has 0 aliphatic heterocycles. The first-order chi connectivity index (χ1) is 14.8. The smallest absolute Gasteiger partial charge is 0.491 e. The van der Waals surface area contributed by atoms with Gasteiger partial charge in [-0.15, -0.1) is 21.4 Å². The maximum Gasteiger partial charge on any atom is 1.00 e. The van der Waals surface area contributed by atoms with Crippen LogP contribution in [0.15, 0.2) is 45.6 Å². The third kappa shape index (κ3) is 60.7. The minimum absolute atomic E-state index is 0. The third-order valence-corrected chi connectivity index (χ3v) is 2.72. The van der Waals surface area contributed by atoms with Gasteiger partial charge in [0, 0.05) is 19.7 Å². The summed E-state index contributed by atoms with van der Waals surface area (Å²) in [5, 5.41) is 48.9. The van der Waals surface area contributed by atoms with Crippen LogP contribution >= 0.6 is 0 Å². The topological polar surface area (TPSA) is 261 Å². The summed E-state index contributed by atoms with van der Waals surface area (Å²) in [6.07, 6.45) is 0.410. The Kier molecular flexibility index (Phi) is 81.7. The van der Waals surface area contributed by atoms with E-state index in [4.69, 9.17) is 49.9 Å². The summed E-state index contributed by atoms with van der Waals surface area (Å²) in [5.74, 6) is 0.782. The third-order valence-electron chi connectivity index (χ3n) is 2.72. The molecule has 0 heterocycles. The molecule has 0 aliphatic carbocycles. The minimum atomic E-state index is -0.490. The van der Waals surface area contributed by atoms with Gasteiger partial charge in [0.25, 0.3) is 0 Å². The molecule has 0 spiro atoms. The number of nitrogens with one attached hydrogen (secondary N) is 1. The van der Waals surface area contributed by atoms with Crippen molar-refractivity contribution in [3.63, 3.8) is 0 Å². The van der Waals surface area contributed by atoms with Crippen molar-refractivity contribution in [3.8, 4) is 5.75 Å². The standard InChI is InChI=1S/C15H25NO3.4HNO2.4Na/c1-12(2)16-10-14(17)11-19-15-6-4-13(5-7-15)8-9-18-3;4*2-1-3;;;;/h4-7,12,14,16-17H,8-11H2,1-3H3;4*(H,2,3);;;;/q;;;;;4*+1/p-4. The molecule has 0 saturated heterocycles. The molecule has 0 saturated carbocycles. The van der Waals surface area contributed by atoms with Crippen molar-refractivity contribution in [2.45, 2.75) is 32.4 Å². The fourth-order valence-corrected chi connectivity index (χ4v) is 1.60. The van der Waals surface area contributed by atoms with E-state index in [1.165, 1.54) is 5.56 Å². The number of hydrogen-bond donors (Lipinski definition) is 2. The van der Waals surface area contributed by atoms with Crippen LogP contribution in [0.1, 0.15) is 19.4 Å². The van der Waals surface area contributed by atoms with Crippen molar-refractivity contribution < 1.29 is 133 Å². The van der Waals surface area contributed by atoms with Crippen molar-refractivity contribution in [2.75, 3.05) is 26.9 Å². The summed E-state index contributed by atoms with van der Waals surface area (Å²) in [6.45, 7) is 5.67. The Morgan fingerprint density at radius 2 is 1.23 bits per heavy atom. The van der Waals surface area contributed by atoms with E-state index in [0.717, 1.165) is 40.1 Å². The second-order valence-electron chi connectivity index (χ2n) is 5.21. The Morgan fingerprint density at radius 1 is 0.857 bits per heavy atom. The normalized spacial score (nSPS) is 8.26. The van der Waals surface area contributed by atoms with E-state index in [1.54, 1.807) is 7.11 Å². The van der Waals surface area contributed by atoms with E-state index in [0.29, 0.717) is 19.2 Å². The SMILES string of the molecule is COCCc1ccc(OCC(O)CNC(C)C)cc1.O=N[O-].O=N[O-].O=N[O-].O=N[O-].[Na+].[Na+].[Na+].[Na+]. The molecule has 1 atom stereocenters. The summed E-state index contributed by atoms with van der Waals surface area (Å²) in [6, 6.07) is 8.26. The van der Waals surface area contributed by atoms with Crippen molar-refractivity contribution in [2.24, 2.45) is 21.4 Å². The van der Waals surface area contributed by atoms with Gasteiger partial charge in [0.1, 0.15) is 18.5 Å². The fraction of sp³-hybridized carbons (Fsp3) is 0.600. The van der Waals surface area contributed by atoms with E-state index < -0.39 is 6.10 Å². The predicted molar refractivity (Wildman–Crippen MR) is 113 cm³/mol. The van der Waals surface area contributed by atoms with Crippen LogP contribution in [0.2, 0.25) is 0 Å². The van der Waals surface area contributed by atoms with Crippen LogP contribution in [-0.2, 0) is 11.2 Å². The maximum atomic E-state index is 9.73. The molecule has 35 heavy (non-hydrogen) atoms. The van der Waals surface area contributed by atoms with Gasteiger partial charge in [-0.3, -0.25) is 0 Å². The molecular formula is C15H25N5Na4O11. The quantitative estimate of drug-likeness (QED) is 0.167. The van der Waals surface area contributed by atoms with Crippen LogP contribution in [0.3, 0.4) is 0 Å². The molecule has 1 aromatic carbocycles. The van der Waals surface area contributed by atoms with Gasteiger partial charge in [0.2, 0.25) is 0 Å². The number of ether oxygens (including phenoxy) is 2. The largest absolute Gasteiger partial charge is 1.00 e. The van der Waals surface area contributed by atoms with Crippen LogP contribution in [-0.4, -0.2) is 44.1 Å². The zero-order valence-corrected chi connectivity index (χ0v) is 29.1. The van der Waals surface area contributed by atoms with Crippen molar-refractivity contribution in [1.29, 1.82) is 0 Å². The summed E-state index contributed by atoms with van der Waals surface area (Å²) in [5.41, 5.74) is 1.22. The van der Waals surface area contributed by atoms with Crippen molar-refractivity contribution >= 4 is 0 Å². The molecule has 16 nitrogen and oxygen atoms in total. The molecule has 1 unspecified atom stereocenters. The molecule has 20 heteroatoms. The average molecular weight is 543 g/mol. The molecule has 0 aromatic heterocycles. The molecule has 2 N–H and O–H groups in total. The van der Waals surface area contributed by atoms with Gasteiger partial charge in [0.05, 0.1) is 6.61 Å². The van der Waals surface area contributed by atoms with Gasteiger partial charge in [-0.05, 0) is 24.1 Å². The molecule has 0 fully saturated rings. The molecule has 180 valence electrons. The van der Waals surface area contributed by atoms with E-state index >= 15 is 0 Å². The van der Waals surface area contributed by atoms with Gasteiger partial charge in [-0.2, -0.15) is 0 Å². The Labute approximate surface area is 291 Å². The van der Waals surface area contributed by atoms with Crippen LogP contribution in [0.5, 0.6) is 5.75 Å². The zero-order chi connectivity index (χ0) is 24.9. The van der Waals surface area contributed by atoms with E-state index in [9.17, 15) is 5.11 Å². The molecule has 0 bridgehead atoms. The molecule has 0 radical (unpaired) electrons. The second-order valence-corrected chi connectivity index (χ2v) is 5.21. The van der Waals surface area contributed by atoms with Crippen molar-refractivity contribution in [1.82, 2.24) is 5.32 Å². The van der Waals surface area contributed by atoms with E-state index in [1.807, 2.05) is 38.1 Å². The number of aliphatic hydroxyl groups is 1. The van der Waals surface area contributed by atoms with E-state index in [-0.39, 0.29) is 118 Å². The number of benzene rings is 1. The Morgan fingerprint density at radius 3 is 1.54 bits per heavy atom. The molecular weight excluding hydrogens is 518 g/mol. The van der Waals surface area contributed by atoms with Crippen molar-refractivity contribution in [3.05, 3.63) is 70.3 Å². The first-order valence-electron chi connectivity index (χ1n) is 8.20. The van der Waals surface area contributed by atoms with Gasteiger partial charge < -0.3 is 60.4 Å². The summed E-state index contributed by atoms with van der Waals surface area (Å²) in [4.78, 5) is 32.0. The average Bonchev–Trinajstić information content (AvgIpc) is 2.72. The molecule has 0 aliphatic rings. The molecule has 1 aromatic rings. The van der Waals surface area contributed by atoms with Crippen LogP contribution < -0.4 is 128 Å². The summed E-state index contributed by atoms with van der Waals surface area (Å²) >= 11 is 0. The Hall–Kier alpha value is 0.500. The van der Waals surface area contributed by atoms with Gasteiger partial charge in [-0.25, -0.2) is 0 Å². The maximum absolute atomic E-state index is 9.73. The fourth-order valence-electron chi connectivity index (χ4n) is 1.60. The summed E-state index contributed by atoms with van der Waals surface area (Å²) in [7, 11) is 1.70. The van der Waals surface area contributed by atoms with Gasteiger partial charge in [0.15, 0.2) is 0 Å². The van der Waals surface area contributed by atoms with Crippen LogP contribution in [0.4, 0.5) is 0 Å². The van der Waals surface area contributed by atoms with Gasteiger partial charge >= 0.3 is 118 Å². The van der Waals surface area contributed by atoms with Gasteiger partial charge in [-0.1, -0.05) is 26.0 Å². The van der Waals surface area contributed by atoms with E-state index in [2.05, 4.69) is 5.32 Å². The van der Waals surface area contributed by atoms with Crippen LogP contribution in [0, 0.1) is 40.5 Å². The zero-order valence-electron chi connectivity index (χ0n) is 21.1. The Bertz CT molecular complexity index is 515.